The Balaban J connectivity index is 2.73. The molecule has 0 radical (unpaired) electrons. The van der Waals surface area contributed by atoms with Gasteiger partial charge in [-0.3, -0.25) is 4.79 Å². The zero-order valence-electron chi connectivity index (χ0n) is 10.6. The Labute approximate surface area is 118 Å². The molecule has 2 rings (SSSR count). The minimum absolute atomic E-state index is 0.0692. The molecular weight excluding hydrogens is 293 g/mol. The molecule has 0 aliphatic carbocycles. The Kier molecular flexibility index (Phi) is 3.60. The van der Waals surface area contributed by atoms with E-state index in [1.54, 1.807) is 26.0 Å². The largest absolute Gasteiger partial charge is 0.435 e. The van der Waals surface area contributed by atoms with Crippen molar-refractivity contribution >= 4 is 17.9 Å². The van der Waals surface area contributed by atoms with E-state index in [2.05, 4.69) is 5.10 Å². The molecule has 0 atom stereocenters. The molecule has 0 aliphatic heterocycles. The minimum atomic E-state index is -4.73. The summed E-state index contributed by atoms with van der Waals surface area (Å²) in [5, 5.41) is 3.11. The molecule has 0 amide bonds. The number of carbonyl (C=O) groups excluding carboxylic acids is 1. The number of rotatable bonds is 2. The van der Waals surface area contributed by atoms with Crippen molar-refractivity contribution in [3.05, 3.63) is 45.7 Å². The first-order valence-electron chi connectivity index (χ1n) is 5.64. The summed E-state index contributed by atoms with van der Waals surface area (Å²) in [6.45, 7) is 3.52. The van der Waals surface area contributed by atoms with Crippen LogP contribution in [-0.2, 0) is 6.18 Å². The van der Waals surface area contributed by atoms with Gasteiger partial charge >= 0.3 is 6.18 Å². The molecule has 0 saturated heterocycles. The van der Waals surface area contributed by atoms with Crippen LogP contribution in [0.4, 0.5) is 13.2 Å². The van der Waals surface area contributed by atoms with Crippen molar-refractivity contribution < 1.29 is 18.0 Å². The van der Waals surface area contributed by atoms with Crippen LogP contribution in [0.1, 0.15) is 27.2 Å². The first-order valence-corrected chi connectivity index (χ1v) is 6.02. The van der Waals surface area contributed by atoms with Gasteiger partial charge in [0.2, 0.25) is 0 Å². The van der Waals surface area contributed by atoms with Gasteiger partial charge in [-0.25, -0.2) is 4.68 Å². The van der Waals surface area contributed by atoms with Crippen LogP contribution in [0.3, 0.4) is 0 Å². The lowest BCUT2D eigenvalue weighted by atomic mass is 10.1. The lowest BCUT2D eigenvalue weighted by molar-refractivity contribution is -0.141. The van der Waals surface area contributed by atoms with Gasteiger partial charge in [0.05, 0.1) is 11.3 Å². The molecule has 0 fully saturated rings. The van der Waals surface area contributed by atoms with Gasteiger partial charge in [0.1, 0.15) is 5.15 Å². The monoisotopic (exact) mass is 302 g/mol. The number of aldehydes is 1. The molecule has 0 saturated carbocycles. The van der Waals surface area contributed by atoms with Crippen LogP contribution in [0.5, 0.6) is 0 Å². The van der Waals surface area contributed by atoms with Gasteiger partial charge in [-0.1, -0.05) is 23.7 Å². The van der Waals surface area contributed by atoms with Crippen molar-refractivity contribution in [1.82, 2.24) is 9.78 Å². The van der Waals surface area contributed by atoms with E-state index in [9.17, 15) is 18.0 Å². The van der Waals surface area contributed by atoms with Crippen molar-refractivity contribution in [3.63, 3.8) is 0 Å². The molecule has 0 aliphatic rings. The first-order chi connectivity index (χ1) is 9.25. The van der Waals surface area contributed by atoms with Crippen LogP contribution in [-0.4, -0.2) is 16.1 Å². The molecule has 2 aromatic rings. The molecule has 0 N–H and O–H groups in total. The van der Waals surface area contributed by atoms with E-state index in [1.807, 2.05) is 6.07 Å². The minimum Gasteiger partial charge on any atom is -0.298 e. The van der Waals surface area contributed by atoms with E-state index >= 15 is 0 Å². The topological polar surface area (TPSA) is 34.9 Å². The summed E-state index contributed by atoms with van der Waals surface area (Å²) < 4.78 is 39.4. The van der Waals surface area contributed by atoms with E-state index in [0.29, 0.717) is 11.3 Å². The number of benzene rings is 1. The molecule has 1 aromatic heterocycles. The van der Waals surface area contributed by atoms with Crippen molar-refractivity contribution in [2.24, 2.45) is 0 Å². The fourth-order valence-electron chi connectivity index (χ4n) is 1.83. The fourth-order valence-corrected chi connectivity index (χ4v) is 2.09. The highest BCUT2D eigenvalue weighted by atomic mass is 35.5. The van der Waals surface area contributed by atoms with Crippen molar-refractivity contribution in [1.29, 1.82) is 0 Å². The second kappa shape index (κ2) is 4.94. The SMILES string of the molecule is Cc1ccc(C)c(-n2nc(C(F)(F)F)c(C=O)c2Cl)c1. The van der Waals surface area contributed by atoms with E-state index < -0.39 is 17.4 Å². The van der Waals surface area contributed by atoms with Crippen LogP contribution in [0.15, 0.2) is 18.2 Å². The quantitative estimate of drug-likeness (QED) is 0.787. The number of aryl methyl sites for hydroxylation is 2. The number of aromatic nitrogens is 2. The van der Waals surface area contributed by atoms with Gasteiger partial charge in [0, 0.05) is 0 Å². The third-order valence-corrected chi connectivity index (χ3v) is 3.21. The predicted octanol–water partition coefficient (Wildman–Crippen LogP) is 3.97. The van der Waals surface area contributed by atoms with Gasteiger partial charge in [-0.15, -0.1) is 0 Å². The summed E-state index contributed by atoms with van der Waals surface area (Å²) in [5.41, 5.74) is 0.0247. The highest BCUT2D eigenvalue weighted by molar-refractivity contribution is 6.32. The van der Waals surface area contributed by atoms with Gasteiger partial charge in [-0.05, 0) is 31.0 Å². The normalized spacial score (nSPS) is 11.7. The van der Waals surface area contributed by atoms with Crippen molar-refractivity contribution in [2.75, 3.05) is 0 Å². The van der Waals surface area contributed by atoms with E-state index in [-0.39, 0.29) is 11.4 Å². The Bertz CT molecular complexity index is 677. The predicted molar refractivity (Wildman–Crippen MR) is 68.4 cm³/mol. The standard InChI is InChI=1S/C13H10ClF3N2O/c1-7-3-4-8(2)10(5-7)19-12(14)9(6-20)11(18-19)13(15,16)17/h3-6H,1-2H3. The van der Waals surface area contributed by atoms with Crippen molar-refractivity contribution in [3.8, 4) is 5.69 Å². The Morgan fingerprint density at radius 2 is 1.95 bits per heavy atom. The maximum Gasteiger partial charge on any atom is 0.435 e. The highest BCUT2D eigenvalue weighted by Gasteiger charge is 2.39. The molecule has 3 nitrogen and oxygen atoms in total. The van der Waals surface area contributed by atoms with Gasteiger partial charge in [0.15, 0.2) is 12.0 Å². The van der Waals surface area contributed by atoms with E-state index in [1.165, 1.54) is 0 Å². The van der Waals surface area contributed by atoms with Crippen LogP contribution in [0.2, 0.25) is 5.15 Å². The van der Waals surface area contributed by atoms with Gasteiger partial charge in [0.25, 0.3) is 0 Å². The van der Waals surface area contributed by atoms with Crippen molar-refractivity contribution in [2.45, 2.75) is 20.0 Å². The number of halogens is 4. The Morgan fingerprint density at radius 3 is 2.45 bits per heavy atom. The third-order valence-electron chi connectivity index (χ3n) is 2.84. The molecule has 1 heterocycles. The summed E-state index contributed by atoms with van der Waals surface area (Å²) >= 11 is 5.86. The molecule has 0 spiro atoms. The maximum atomic E-state index is 12.8. The maximum absolute atomic E-state index is 12.8. The summed E-state index contributed by atoms with van der Waals surface area (Å²) in [7, 11) is 0. The number of hydrogen-bond donors (Lipinski definition) is 0. The number of alkyl halides is 3. The molecule has 106 valence electrons. The zero-order chi connectivity index (χ0) is 15.1. The average Bonchev–Trinajstić information content (AvgIpc) is 2.69. The van der Waals surface area contributed by atoms with Crippen LogP contribution < -0.4 is 0 Å². The summed E-state index contributed by atoms with van der Waals surface area (Å²) in [4.78, 5) is 10.9. The number of carbonyl (C=O) groups is 1. The molecular formula is C13H10ClF3N2O. The number of nitrogens with zero attached hydrogens (tertiary/aromatic N) is 2. The molecule has 0 unspecified atom stereocenters. The second-order valence-corrected chi connectivity index (χ2v) is 4.73. The third kappa shape index (κ3) is 2.43. The van der Waals surface area contributed by atoms with Gasteiger partial charge in [-0.2, -0.15) is 18.3 Å². The van der Waals surface area contributed by atoms with Gasteiger partial charge < -0.3 is 0 Å². The van der Waals surface area contributed by atoms with E-state index in [0.717, 1.165) is 10.2 Å². The summed E-state index contributed by atoms with van der Waals surface area (Å²) in [5.74, 6) is 0. The van der Waals surface area contributed by atoms with Crippen LogP contribution in [0, 0.1) is 13.8 Å². The lowest BCUT2D eigenvalue weighted by Gasteiger charge is -2.08. The lowest BCUT2D eigenvalue weighted by Crippen LogP contribution is -2.09. The molecule has 1 aromatic carbocycles. The first kappa shape index (κ1) is 14.6. The highest BCUT2D eigenvalue weighted by Crippen LogP contribution is 2.35. The van der Waals surface area contributed by atoms with Crippen LogP contribution in [0.25, 0.3) is 5.69 Å². The van der Waals surface area contributed by atoms with E-state index in [4.69, 9.17) is 11.6 Å². The summed E-state index contributed by atoms with van der Waals surface area (Å²) in [6.07, 6.45) is -4.66. The fraction of sp³-hybridized carbons (Fsp3) is 0.231. The summed E-state index contributed by atoms with van der Waals surface area (Å²) in [6, 6.07) is 5.22. The average molecular weight is 303 g/mol. The second-order valence-electron chi connectivity index (χ2n) is 4.37. The van der Waals surface area contributed by atoms with Crippen LogP contribution >= 0.6 is 11.6 Å². The Hall–Kier alpha value is -1.82. The molecule has 20 heavy (non-hydrogen) atoms. The smallest absolute Gasteiger partial charge is 0.298 e. The Morgan fingerprint density at radius 1 is 1.30 bits per heavy atom. The zero-order valence-corrected chi connectivity index (χ0v) is 11.4. The molecule has 7 heteroatoms. The molecule has 0 bridgehead atoms. The number of hydrogen-bond acceptors (Lipinski definition) is 2.